The molecule has 21 heavy (non-hydrogen) atoms. The number of benzene rings is 1. The summed E-state index contributed by atoms with van der Waals surface area (Å²) in [5.74, 6) is 1.93. The molecule has 1 aromatic heterocycles. The zero-order chi connectivity index (χ0) is 14.8. The van der Waals surface area contributed by atoms with E-state index in [1.807, 2.05) is 35.2 Å². The maximum absolute atomic E-state index is 12.0. The summed E-state index contributed by atoms with van der Waals surface area (Å²) < 4.78 is 5.76. The third-order valence-electron chi connectivity index (χ3n) is 3.64. The Morgan fingerprint density at radius 1 is 1.43 bits per heavy atom. The van der Waals surface area contributed by atoms with Crippen molar-refractivity contribution in [2.45, 2.75) is 19.9 Å². The van der Waals surface area contributed by atoms with Crippen LogP contribution in [0.4, 0.5) is 0 Å². The average molecular weight is 303 g/mol. The predicted octanol–water partition coefficient (Wildman–Crippen LogP) is 3.06. The molecule has 1 aliphatic heterocycles. The lowest BCUT2D eigenvalue weighted by atomic mass is 10.1. The van der Waals surface area contributed by atoms with Crippen molar-refractivity contribution in [1.29, 1.82) is 0 Å². The molecule has 1 amide bonds. The van der Waals surface area contributed by atoms with Gasteiger partial charge in [-0.15, -0.1) is 0 Å². The van der Waals surface area contributed by atoms with Crippen molar-refractivity contribution < 1.29 is 14.0 Å². The molecule has 0 spiro atoms. The lowest BCUT2D eigenvalue weighted by Gasteiger charge is -2.14. The van der Waals surface area contributed by atoms with Gasteiger partial charge in [-0.05, 0) is 18.1 Å². The molecule has 0 radical (unpaired) electrons. The summed E-state index contributed by atoms with van der Waals surface area (Å²) in [4.78, 5) is 24.9. The number of carbonyl (C=O) groups excluding carboxylic acids is 2. The Balaban J connectivity index is 1.64. The van der Waals surface area contributed by atoms with Crippen LogP contribution in [-0.2, 0) is 16.1 Å². The smallest absolute Gasteiger partial charge is 0.223 e. The predicted molar refractivity (Wildman–Crippen MR) is 82.9 cm³/mol. The molecule has 5 heteroatoms. The number of para-hydroxylation sites is 1. The molecule has 110 valence electrons. The van der Waals surface area contributed by atoms with Crippen LogP contribution in [0.1, 0.15) is 19.1 Å². The van der Waals surface area contributed by atoms with Crippen LogP contribution < -0.4 is 0 Å². The van der Waals surface area contributed by atoms with E-state index in [-0.39, 0.29) is 16.9 Å². The SMILES string of the molecule is CC(=O)SCC1CC(=O)N(Cc2cc3ccccc3o2)C1. The summed E-state index contributed by atoms with van der Waals surface area (Å²) in [6.45, 7) is 2.78. The van der Waals surface area contributed by atoms with Gasteiger partial charge >= 0.3 is 0 Å². The van der Waals surface area contributed by atoms with E-state index in [0.717, 1.165) is 22.5 Å². The first-order valence-electron chi connectivity index (χ1n) is 7.00. The summed E-state index contributed by atoms with van der Waals surface area (Å²) in [5.41, 5.74) is 0.850. The molecular formula is C16H17NO3S. The van der Waals surface area contributed by atoms with Gasteiger partial charge in [-0.3, -0.25) is 9.59 Å². The van der Waals surface area contributed by atoms with Crippen molar-refractivity contribution in [3.05, 3.63) is 36.1 Å². The maximum atomic E-state index is 12.0. The van der Waals surface area contributed by atoms with Gasteiger partial charge in [0.1, 0.15) is 11.3 Å². The number of fused-ring (bicyclic) bond motifs is 1. The minimum absolute atomic E-state index is 0.109. The van der Waals surface area contributed by atoms with Crippen LogP contribution in [0.25, 0.3) is 11.0 Å². The Labute approximate surface area is 127 Å². The van der Waals surface area contributed by atoms with Gasteiger partial charge in [0.2, 0.25) is 5.91 Å². The maximum Gasteiger partial charge on any atom is 0.223 e. The third-order valence-corrected chi connectivity index (χ3v) is 4.68. The van der Waals surface area contributed by atoms with Crippen molar-refractivity contribution in [2.75, 3.05) is 12.3 Å². The largest absolute Gasteiger partial charge is 0.459 e. The molecular weight excluding hydrogens is 286 g/mol. The summed E-state index contributed by atoms with van der Waals surface area (Å²) in [5, 5.41) is 1.17. The first-order valence-corrected chi connectivity index (χ1v) is 7.99. The standard InChI is InChI=1S/C16H17NO3S/c1-11(18)21-10-12-6-16(19)17(8-12)9-14-7-13-4-2-3-5-15(13)20-14/h2-5,7,12H,6,8-10H2,1H3. The number of furan rings is 1. The highest BCUT2D eigenvalue weighted by Crippen LogP contribution is 2.26. The van der Waals surface area contributed by atoms with Crippen LogP contribution in [0.15, 0.2) is 34.7 Å². The molecule has 0 N–H and O–H groups in total. The van der Waals surface area contributed by atoms with Crippen LogP contribution in [0.5, 0.6) is 0 Å². The Bertz CT molecular complexity index is 646. The highest BCUT2D eigenvalue weighted by atomic mass is 32.2. The highest BCUT2D eigenvalue weighted by molar-refractivity contribution is 8.13. The van der Waals surface area contributed by atoms with Gasteiger partial charge in [0.15, 0.2) is 5.12 Å². The number of hydrogen-bond acceptors (Lipinski definition) is 4. The molecule has 0 saturated carbocycles. The zero-order valence-electron chi connectivity index (χ0n) is 11.9. The van der Waals surface area contributed by atoms with Gasteiger partial charge in [0.25, 0.3) is 0 Å². The Kier molecular flexibility index (Phi) is 4.01. The van der Waals surface area contributed by atoms with Crippen molar-refractivity contribution in [2.24, 2.45) is 5.92 Å². The molecule has 3 rings (SSSR count). The van der Waals surface area contributed by atoms with E-state index in [0.29, 0.717) is 19.5 Å². The molecule has 2 heterocycles. The molecule has 1 aliphatic rings. The summed E-state index contributed by atoms with van der Waals surface area (Å²) in [6.07, 6.45) is 0.528. The lowest BCUT2D eigenvalue weighted by molar-refractivity contribution is -0.128. The van der Waals surface area contributed by atoms with E-state index in [1.54, 1.807) is 6.92 Å². The minimum atomic E-state index is 0.109. The first-order chi connectivity index (χ1) is 10.1. The van der Waals surface area contributed by atoms with Crippen LogP contribution in [-0.4, -0.2) is 28.2 Å². The first kappa shape index (κ1) is 14.2. The van der Waals surface area contributed by atoms with E-state index >= 15 is 0 Å². The molecule has 1 saturated heterocycles. The Morgan fingerprint density at radius 2 is 2.24 bits per heavy atom. The van der Waals surface area contributed by atoms with Gasteiger partial charge in [-0.25, -0.2) is 0 Å². The molecule has 4 nitrogen and oxygen atoms in total. The summed E-state index contributed by atoms with van der Waals surface area (Å²) in [7, 11) is 0. The van der Waals surface area contributed by atoms with E-state index in [1.165, 1.54) is 11.8 Å². The average Bonchev–Trinajstić information content (AvgIpc) is 3.00. The molecule has 1 atom stereocenters. The van der Waals surface area contributed by atoms with Gasteiger partial charge < -0.3 is 9.32 Å². The van der Waals surface area contributed by atoms with E-state index < -0.39 is 0 Å². The number of thioether (sulfide) groups is 1. The quantitative estimate of drug-likeness (QED) is 0.871. The lowest BCUT2D eigenvalue weighted by Crippen LogP contribution is -2.24. The molecule has 1 fully saturated rings. The fourth-order valence-corrected chi connectivity index (χ4v) is 3.35. The number of hydrogen-bond donors (Lipinski definition) is 0. The molecule has 0 aliphatic carbocycles. The van der Waals surface area contributed by atoms with Crippen molar-refractivity contribution in [1.82, 2.24) is 4.90 Å². The minimum Gasteiger partial charge on any atom is -0.459 e. The van der Waals surface area contributed by atoms with E-state index in [2.05, 4.69) is 0 Å². The number of carbonyl (C=O) groups is 2. The monoisotopic (exact) mass is 303 g/mol. The van der Waals surface area contributed by atoms with Crippen molar-refractivity contribution in [3.63, 3.8) is 0 Å². The Hall–Kier alpha value is -1.75. The van der Waals surface area contributed by atoms with E-state index in [9.17, 15) is 9.59 Å². The van der Waals surface area contributed by atoms with Gasteiger partial charge in [0, 0.05) is 31.0 Å². The molecule has 1 aromatic carbocycles. The second kappa shape index (κ2) is 5.93. The zero-order valence-corrected chi connectivity index (χ0v) is 12.7. The van der Waals surface area contributed by atoms with Crippen LogP contribution >= 0.6 is 11.8 Å². The van der Waals surface area contributed by atoms with Gasteiger partial charge in [-0.1, -0.05) is 30.0 Å². The van der Waals surface area contributed by atoms with Crippen LogP contribution in [0.3, 0.4) is 0 Å². The second-order valence-corrected chi connectivity index (χ2v) is 6.59. The van der Waals surface area contributed by atoms with Crippen LogP contribution in [0, 0.1) is 5.92 Å². The number of rotatable bonds is 4. The third kappa shape index (κ3) is 3.29. The second-order valence-electron chi connectivity index (χ2n) is 5.40. The molecule has 2 aromatic rings. The normalized spacial score (nSPS) is 18.6. The summed E-state index contributed by atoms with van der Waals surface area (Å²) >= 11 is 1.30. The Morgan fingerprint density at radius 3 is 3.00 bits per heavy atom. The topological polar surface area (TPSA) is 50.5 Å². The summed E-state index contributed by atoms with van der Waals surface area (Å²) in [6, 6.07) is 9.82. The molecule has 0 bridgehead atoms. The highest BCUT2D eigenvalue weighted by Gasteiger charge is 2.30. The number of amides is 1. The number of likely N-dealkylation sites (tertiary alicyclic amines) is 1. The van der Waals surface area contributed by atoms with Gasteiger partial charge in [-0.2, -0.15) is 0 Å². The van der Waals surface area contributed by atoms with Gasteiger partial charge in [0.05, 0.1) is 6.54 Å². The van der Waals surface area contributed by atoms with Crippen molar-refractivity contribution >= 4 is 33.8 Å². The van der Waals surface area contributed by atoms with Crippen molar-refractivity contribution in [3.8, 4) is 0 Å². The fraction of sp³-hybridized carbons (Fsp3) is 0.375. The number of nitrogens with zero attached hydrogens (tertiary/aromatic N) is 1. The van der Waals surface area contributed by atoms with E-state index in [4.69, 9.17) is 4.42 Å². The fourth-order valence-electron chi connectivity index (χ4n) is 2.66. The molecule has 1 unspecified atom stereocenters. The van der Waals surface area contributed by atoms with Crippen LogP contribution in [0.2, 0.25) is 0 Å².